The molecule has 0 aromatic carbocycles. The number of nitrogens with zero attached hydrogens (tertiary/aromatic N) is 4. The molecule has 1 fully saturated rings. The number of guanidine groups is 1. The number of rotatable bonds is 8. The third-order valence-corrected chi connectivity index (χ3v) is 5.62. The molecule has 2 heterocycles. The number of carbonyl (C=O) groups excluding carboxylic acids is 2. The van der Waals surface area contributed by atoms with Gasteiger partial charge in [0, 0.05) is 38.5 Å². The predicted molar refractivity (Wildman–Crippen MR) is 129 cm³/mol. The summed E-state index contributed by atoms with van der Waals surface area (Å²) in [6.07, 6.45) is 6.37. The van der Waals surface area contributed by atoms with Crippen LogP contribution in [0.4, 0.5) is 0 Å². The SMILES string of the molecule is C=CN(/C=C\N)CCC(=O)N1CCC2(CC1)CN=C(NC(=O)C(N=C(Cl)C(=C)N)=C(N)N)N2. The summed E-state index contributed by atoms with van der Waals surface area (Å²) >= 11 is 5.84. The fraction of sp³-hybridized carbons (Fsp3) is 0.400. The van der Waals surface area contributed by atoms with E-state index in [2.05, 4.69) is 33.8 Å². The summed E-state index contributed by atoms with van der Waals surface area (Å²) in [4.78, 5) is 36.9. The van der Waals surface area contributed by atoms with Crippen LogP contribution in [-0.4, -0.2) is 64.5 Å². The molecule has 0 bridgehead atoms. The summed E-state index contributed by atoms with van der Waals surface area (Å²) in [5.74, 6) is -0.696. The Hall–Kier alpha value is -3.67. The Balaban J connectivity index is 1.89. The lowest BCUT2D eigenvalue weighted by atomic mass is 9.88. The number of carbonyl (C=O) groups is 2. The van der Waals surface area contributed by atoms with E-state index in [0.29, 0.717) is 45.4 Å². The van der Waals surface area contributed by atoms with E-state index in [4.69, 9.17) is 34.5 Å². The van der Waals surface area contributed by atoms with E-state index >= 15 is 0 Å². The maximum Gasteiger partial charge on any atom is 0.280 e. The van der Waals surface area contributed by atoms with Crippen LogP contribution >= 0.6 is 11.6 Å². The minimum Gasteiger partial charge on any atom is -0.403 e. The number of nitrogens with two attached hydrogens (primary N) is 4. The molecule has 0 aromatic rings. The first kappa shape index (κ1) is 25.6. The number of hydrogen-bond acceptors (Lipinski definition) is 10. The zero-order valence-corrected chi connectivity index (χ0v) is 19.1. The molecule has 13 heteroatoms. The van der Waals surface area contributed by atoms with Gasteiger partial charge < -0.3 is 38.1 Å². The Morgan fingerprint density at radius 1 is 1.33 bits per heavy atom. The highest BCUT2D eigenvalue weighted by molar-refractivity contribution is 6.69. The first-order valence-corrected chi connectivity index (χ1v) is 10.6. The molecule has 33 heavy (non-hydrogen) atoms. The largest absolute Gasteiger partial charge is 0.403 e. The van der Waals surface area contributed by atoms with E-state index in [9.17, 15) is 9.59 Å². The molecule has 0 aliphatic carbocycles. The number of halogens is 1. The third-order valence-electron chi connectivity index (χ3n) is 5.29. The van der Waals surface area contributed by atoms with Gasteiger partial charge in [-0.05, 0) is 19.0 Å². The molecule has 1 spiro atoms. The van der Waals surface area contributed by atoms with Gasteiger partial charge in [-0.1, -0.05) is 24.8 Å². The molecule has 10 N–H and O–H groups in total. The number of amides is 2. The van der Waals surface area contributed by atoms with Gasteiger partial charge in [0.25, 0.3) is 5.91 Å². The summed E-state index contributed by atoms with van der Waals surface area (Å²) in [6, 6.07) is 0. The fourth-order valence-corrected chi connectivity index (χ4v) is 3.49. The molecule has 2 aliphatic rings. The average molecular weight is 479 g/mol. The van der Waals surface area contributed by atoms with Crippen LogP contribution in [-0.2, 0) is 9.59 Å². The van der Waals surface area contributed by atoms with Crippen molar-refractivity contribution in [2.24, 2.45) is 32.9 Å². The maximum absolute atomic E-state index is 12.5. The van der Waals surface area contributed by atoms with Gasteiger partial charge in [0.15, 0.2) is 16.8 Å². The topological polar surface area (TPSA) is 193 Å². The van der Waals surface area contributed by atoms with Crippen LogP contribution in [0, 0.1) is 0 Å². The van der Waals surface area contributed by atoms with Gasteiger partial charge >= 0.3 is 0 Å². The number of allylic oxidation sites excluding steroid dienone is 1. The van der Waals surface area contributed by atoms with E-state index in [1.807, 2.05) is 4.90 Å². The monoisotopic (exact) mass is 478 g/mol. The molecule has 0 saturated carbocycles. The summed E-state index contributed by atoms with van der Waals surface area (Å²) in [5, 5.41) is 5.65. The molecule has 1 saturated heterocycles. The van der Waals surface area contributed by atoms with Crippen molar-refractivity contribution in [3.8, 4) is 0 Å². The number of likely N-dealkylation sites (tertiary alicyclic amines) is 1. The lowest BCUT2D eigenvalue weighted by molar-refractivity contribution is -0.132. The van der Waals surface area contributed by atoms with Gasteiger partial charge in [0.2, 0.25) is 5.91 Å². The van der Waals surface area contributed by atoms with Crippen molar-refractivity contribution in [1.29, 1.82) is 0 Å². The summed E-state index contributed by atoms with van der Waals surface area (Å²) in [7, 11) is 0. The smallest absolute Gasteiger partial charge is 0.280 e. The first-order valence-electron chi connectivity index (χ1n) is 10.2. The Kier molecular flexibility index (Phi) is 8.74. The number of hydrogen-bond donors (Lipinski definition) is 6. The summed E-state index contributed by atoms with van der Waals surface area (Å²) < 4.78 is 0. The molecule has 180 valence electrons. The zero-order chi connectivity index (χ0) is 24.6. The van der Waals surface area contributed by atoms with Crippen LogP contribution in [0.5, 0.6) is 0 Å². The van der Waals surface area contributed by atoms with E-state index < -0.39 is 5.91 Å². The highest BCUT2D eigenvalue weighted by Crippen LogP contribution is 2.26. The zero-order valence-electron chi connectivity index (χ0n) is 18.4. The molecular formula is C20H31ClN10O2. The molecule has 2 rings (SSSR count). The van der Waals surface area contributed by atoms with Gasteiger partial charge in [-0.3, -0.25) is 19.9 Å². The fourth-order valence-electron chi connectivity index (χ4n) is 3.40. The lowest BCUT2D eigenvalue weighted by Gasteiger charge is -2.39. The molecular weight excluding hydrogens is 448 g/mol. The van der Waals surface area contributed by atoms with Crippen LogP contribution < -0.4 is 33.6 Å². The van der Waals surface area contributed by atoms with Crippen LogP contribution in [0.25, 0.3) is 0 Å². The highest BCUT2D eigenvalue weighted by Gasteiger charge is 2.40. The van der Waals surface area contributed by atoms with Crippen molar-refractivity contribution in [2.75, 3.05) is 26.2 Å². The minimum atomic E-state index is -0.691. The van der Waals surface area contributed by atoms with Crippen molar-refractivity contribution < 1.29 is 9.59 Å². The Labute approximate surface area is 197 Å². The maximum atomic E-state index is 12.5. The third kappa shape index (κ3) is 6.91. The van der Waals surface area contributed by atoms with E-state index in [-0.39, 0.29) is 39.8 Å². The highest BCUT2D eigenvalue weighted by atomic mass is 35.5. The second-order valence-corrected chi connectivity index (χ2v) is 8.01. The van der Waals surface area contributed by atoms with Gasteiger partial charge in [-0.2, -0.15) is 0 Å². The quantitative estimate of drug-likeness (QED) is 0.186. The van der Waals surface area contributed by atoms with Crippen molar-refractivity contribution in [2.45, 2.75) is 24.8 Å². The molecule has 12 nitrogen and oxygen atoms in total. The Bertz CT molecular complexity index is 912. The summed E-state index contributed by atoms with van der Waals surface area (Å²) in [5.41, 5.74) is 21.3. The van der Waals surface area contributed by atoms with E-state index in [0.717, 1.165) is 0 Å². The molecule has 0 atom stereocenters. The predicted octanol–water partition coefficient (Wildman–Crippen LogP) is -1.12. The van der Waals surface area contributed by atoms with Crippen molar-refractivity contribution in [3.63, 3.8) is 0 Å². The van der Waals surface area contributed by atoms with Crippen LogP contribution in [0.1, 0.15) is 19.3 Å². The van der Waals surface area contributed by atoms with Crippen molar-refractivity contribution >= 4 is 34.5 Å². The lowest BCUT2D eigenvalue weighted by Crippen LogP contribution is -2.57. The number of nitrogens with one attached hydrogen (secondary N) is 2. The normalized spacial score (nSPS) is 17.3. The van der Waals surface area contributed by atoms with Gasteiger partial charge in [-0.25, -0.2) is 4.99 Å². The van der Waals surface area contributed by atoms with E-state index in [1.54, 1.807) is 17.3 Å². The average Bonchev–Trinajstić information content (AvgIpc) is 3.16. The van der Waals surface area contributed by atoms with Crippen LogP contribution in [0.15, 0.2) is 59.0 Å². The molecule has 0 radical (unpaired) electrons. The Morgan fingerprint density at radius 2 is 2.00 bits per heavy atom. The minimum absolute atomic E-state index is 0.0344. The van der Waals surface area contributed by atoms with Gasteiger partial charge in [-0.15, -0.1) is 0 Å². The van der Waals surface area contributed by atoms with Crippen LogP contribution in [0.2, 0.25) is 0 Å². The molecule has 2 amide bonds. The Morgan fingerprint density at radius 3 is 2.55 bits per heavy atom. The second kappa shape index (κ2) is 11.3. The van der Waals surface area contributed by atoms with Crippen molar-refractivity contribution in [3.05, 3.63) is 49.0 Å². The number of piperidine rings is 1. The van der Waals surface area contributed by atoms with Crippen LogP contribution in [0.3, 0.4) is 0 Å². The van der Waals surface area contributed by atoms with E-state index in [1.165, 1.54) is 6.20 Å². The summed E-state index contributed by atoms with van der Waals surface area (Å²) in [6.45, 7) is 9.23. The van der Waals surface area contributed by atoms with Gasteiger partial charge in [0.1, 0.15) is 5.82 Å². The number of aliphatic imine (C=N–C) groups is 2. The molecule has 0 unspecified atom stereocenters. The standard InChI is InChI=1S/C20H31ClN10O2/c1-3-30(11-7-22)8-4-14(32)31-9-5-20(6-10-31)12-26-19(29-20)28-18(33)15(17(24)25)27-16(21)13(2)23/h3,7,11H,1-2,4-6,8-10,12,22-25H2,(H2,26,28,29,33)/b11-7-,27-16?. The van der Waals surface area contributed by atoms with Gasteiger partial charge in [0.05, 0.1) is 17.8 Å². The van der Waals surface area contributed by atoms with Crippen molar-refractivity contribution in [1.82, 2.24) is 20.4 Å². The first-order chi connectivity index (χ1) is 15.6. The second-order valence-electron chi connectivity index (χ2n) is 7.65. The molecule has 0 aromatic heterocycles. The molecule has 2 aliphatic heterocycles.